The van der Waals surface area contributed by atoms with Gasteiger partial charge in [0.1, 0.15) is 23.7 Å². The molecule has 2 aliphatic rings. The average molecular weight is 792 g/mol. The number of hydrogen-bond acceptors (Lipinski definition) is 10. The minimum Gasteiger partial charge on any atom is -0.453 e. The molecule has 7 rings (SSSR count). The second kappa shape index (κ2) is 17.5. The van der Waals surface area contributed by atoms with E-state index in [1.165, 1.54) is 21.3 Å². The molecule has 16 nitrogen and oxygen atoms in total. The second-order valence-electron chi connectivity index (χ2n) is 14.6. The lowest BCUT2D eigenvalue weighted by atomic mass is 10.0. The van der Waals surface area contributed by atoms with E-state index >= 15 is 0 Å². The number of likely N-dealkylation sites (tertiary alicyclic amines) is 2. The van der Waals surface area contributed by atoms with E-state index in [4.69, 9.17) is 19.2 Å². The van der Waals surface area contributed by atoms with Crippen LogP contribution in [-0.2, 0) is 23.8 Å². The van der Waals surface area contributed by atoms with Gasteiger partial charge in [0.05, 0.1) is 67.4 Å². The van der Waals surface area contributed by atoms with Crippen molar-refractivity contribution in [3.8, 4) is 33.8 Å². The van der Waals surface area contributed by atoms with Crippen molar-refractivity contribution in [3.05, 3.63) is 78.6 Å². The molecule has 0 radical (unpaired) electrons. The van der Waals surface area contributed by atoms with Crippen LogP contribution in [0.15, 0.2) is 67.0 Å². The third-order valence-corrected chi connectivity index (χ3v) is 11.1. The van der Waals surface area contributed by atoms with Crippen LogP contribution in [0.1, 0.15) is 69.7 Å². The van der Waals surface area contributed by atoms with Gasteiger partial charge >= 0.3 is 12.2 Å². The Hall–Kier alpha value is -6.29. The van der Waals surface area contributed by atoms with Gasteiger partial charge in [-0.3, -0.25) is 9.59 Å². The molecule has 58 heavy (non-hydrogen) atoms. The Morgan fingerprint density at radius 2 is 1.33 bits per heavy atom. The number of rotatable bonds is 12. The molecule has 0 saturated carbocycles. The van der Waals surface area contributed by atoms with Crippen LogP contribution in [0.2, 0.25) is 0 Å². The van der Waals surface area contributed by atoms with Gasteiger partial charge in [-0.05, 0) is 62.8 Å². The SMILES string of the molecule is CCC(NC(=O)OC)C(=O)N1CCCC1c1ncc(-c2ccc3nc(-c4ccc(-c5cnc(C6CCCN6C(=O)C(NC(=O)OC)C(C)OC)[nH]5)cc4)ccc3c2)[nH]1. The molecule has 2 saturated heterocycles. The average Bonchev–Trinajstić information content (AvgIpc) is 4.10. The van der Waals surface area contributed by atoms with Gasteiger partial charge in [-0.25, -0.2) is 24.5 Å². The Morgan fingerprint density at radius 1 is 0.759 bits per heavy atom. The highest BCUT2D eigenvalue weighted by Crippen LogP contribution is 2.35. The number of nitrogens with zero attached hydrogens (tertiary/aromatic N) is 5. The van der Waals surface area contributed by atoms with E-state index < -0.39 is 30.4 Å². The number of carbonyl (C=O) groups excluding carboxylic acids is 4. The number of nitrogens with one attached hydrogen (secondary N) is 4. The van der Waals surface area contributed by atoms with Crippen molar-refractivity contribution < 1.29 is 33.4 Å². The van der Waals surface area contributed by atoms with Gasteiger partial charge in [0.25, 0.3) is 0 Å². The van der Waals surface area contributed by atoms with Crippen molar-refractivity contribution in [2.24, 2.45) is 0 Å². The summed E-state index contributed by atoms with van der Waals surface area (Å²) in [4.78, 5) is 75.5. The number of alkyl carbamates (subject to hydrolysis) is 2. The van der Waals surface area contributed by atoms with E-state index in [-0.39, 0.29) is 23.9 Å². The fourth-order valence-corrected chi connectivity index (χ4v) is 7.83. The first kappa shape index (κ1) is 39.9. The van der Waals surface area contributed by atoms with Gasteiger partial charge in [-0.1, -0.05) is 43.3 Å². The lowest BCUT2D eigenvalue weighted by molar-refractivity contribution is -0.137. The summed E-state index contributed by atoms with van der Waals surface area (Å²) >= 11 is 0. The molecule has 0 bridgehead atoms. The van der Waals surface area contributed by atoms with Crippen molar-refractivity contribution in [3.63, 3.8) is 0 Å². The third kappa shape index (κ3) is 8.23. The predicted octanol–water partition coefficient (Wildman–Crippen LogP) is 5.90. The maximum atomic E-state index is 13.6. The molecule has 5 atom stereocenters. The number of H-pyrrole nitrogens is 2. The summed E-state index contributed by atoms with van der Waals surface area (Å²) in [6, 6.07) is 16.2. The van der Waals surface area contributed by atoms with Crippen molar-refractivity contribution >= 4 is 34.9 Å². The van der Waals surface area contributed by atoms with Crippen molar-refractivity contribution in [2.75, 3.05) is 34.4 Å². The summed E-state index contributed by atoms with van der Waals surface area (Å²) in [6.07, 6.45) is 5.30. The Morgan fingerprint density at radius 3 is 1.93 bits per heavy atom. The van der Waals surface area contributed by atoms with E-state index in [9.17, 15) is 19.2 Å². The van der Waals surface area contributed by atoms with Crippen molar-refractivity contribution in [2.45, 2.75) is 76.2 Å². The predicted molar refractivity (Wildman–Crippen MR) is 215 cm³/mol. The maximum Gasteiger partial charge on any atom is 0.407 e. The fourth-order valence-electron chi connectivity index (χ4n) is 7.83. The summed E-state index contributed by atoms with van der Waals surface area (Å²) in [5.41, 5.74) is 6.19. The van der Waals surface area contributed by atoms with E-state index in [1.54, 1.807) is 29.1 Å². The van der Waals surface area contributed by atoms with Gasteiger partial charge in [0, 0.05) is 36.7 Å². The molecule has 3 aromatic heterocycles. The quantitative estimate of drug-likeness (QED) is 0.118. The number of aromatic nitrogens is 5. The Balaban J connectivity index is 1.02. The Bertz CT molecular complexity index is 2270. The number of pyridine rings is 1. The third-order valence-electron chi connectivity index (χ3n) is 11.1. The molecule has 2 aliphatic heterocycles. The van der Waals surface area contributed by atoms with Gasteiger partial charge < -0.3 is 44.6 Å². The van der Waals surface area contributed by atoms with E-state index in [2.05, 4.69) is 42.7 Å². The molecule has 2 aromatic carbocycles. The van der Waals surface area contributed by atoms with Crippen LogP contribution in [0.3, 0.4) is 0 Å². The zero-order valence-electron chi connectivity index (χ0n) is 33.3. The number of fused-ring (bicyclic) bond motifs is 1. The first-order valence-electron chi connectivity index (χ1n) is 19.6. The number of ether oxygens (including phenoxy) is 3. The summed E-state index contributed by atoms with van der Waals surface area (Å²) < 4.78 is 14.9. The number of aromatic amines is 2. The molecule has 4 amide bonds. The highest BCUT2D eigenvalue weighted by atomic mass is 16.5. The van der Waals surface area contributed by atoms with E-state index in [0.29, 0.717) is 31.2 Å². The summed E-state index contributed by atoms with van der Waals surface area (Å²) in [5, 5.41) is 6.24. The van der Waals surface area contributed by atoms with Gasteiger partial charge in [-0.15, -0.1) is 0 Å². The fraction of sp³-hybridized carbons (Fsp3) is 0.405. The number of hydrogen-bond donors (Lipinski definition) is 4. The topological polar surface area (TPSA) is 197 Å². The molecule has 2 fully saturated rings. The molecule has 0 aliphatic carbocycles. The molecule has 4 N–H and O–H groups in total. The summed E-state index contributed by atoms with van der Waals surface area (Å²) in [6.45, 7) is 4.72. The van der Waals surface area contributed by atoms with Gasteiger partial charge in [0.2, 0.25) is 11.8 Å². The van der Waals surface area contributed by atoms with E-state index in [0.717, 1.165) is 70.4 Å². The number of carbonyl (C=O) groups is 4. The largest absolute Gasteiger partial charge is 0.453 e. The van der Waals surface area contributed by atoms with Gasteiger partial charge in [0.15, 0.2) is 0 Å². The molecule has 16 heteroatoms. The van der Waals surface area contributed by atoms with Crippen LogP contribution >= 0.6 is 0 Å². The zero-order chi connectivity index (χ0) is 40.9. The Labute approximate surface area is 336 Å². The molecule has 304 valence electrons. The first-order chi connectivity index (χ1) is 28.1. The van der Waals surface area contributed by atoms with E-state index in [1.807, 2.05) is 49.4 Å². The maximum absolute atomic E-state index is 13.6. The molecule has 0 spiro atoms. The van der Waals surface area contributed by atoms with Crippen molar-refractivity contribution in [1.82, 2.24) is 45.4 Å². The smallest absolute Gasteiger partial charge is 0.407 e. The standard InChI is InChI=1S/C42H49N9O7/c1-6-29(48-41(54)57-4)39(52)50-19-7-9-34(50)37-44-23-33(47-37)28-16-18-31-27(21-28)15-17-30(45-31)25-11-13-26(14-12-25)32-22-43-38(46-32)35-10-8-20-51(35)40(53)36(24(2)56-3)49-42(55)58-5/h11-18,21-24,29,34-36H,6-10,19-20H2,1-5H3,(H,43,46)(H,44,47)(H,48,54)(H,49,55). The van der Waals surface area contributed by atoms with Crippen molar-refractivity contribution in [1.29, 1.82) is 0 Å². The van der Waals surface area contributed by atoms with Crippen LogP contribution in [0.25, 0.3) is 44.7 Å². The van der Waals surface area contributed by atoms with Gasteiger partial charge in [-0.2, -0.15) is 0 Å². The minimum absolute atomic E-state index is 0.147. The first-order valence-corrected chi connectivity index (χ1v) is 19.6. The van der Waals surface area contributed by atoms with Crippen LogP contribution in [0.4, 0.5) is 9.59 Å². The number of imidazole rings is 2. The monoisotopic (exact) mass is 791 g/mol. The number of amides is 4. The minimum atomic E-state index is -0.900. The zero-order valence-corrected chi connectivity index (χ0v) is 33.3. The molecule has 5 heterocycles. The second-order valence-corrected chi connectivity index (χ2v) is 14.6. The molecular formula is C42H49N9O7. The van der Waals surface area contributed by atoms with Crippen LogP contribution in [0.5, 0.6) is 0 Å². The summed E-state index contributed by atoms with van der Waals surface area (Å²) in [5.74, 6) is 0.993. The highest BCUT2D eigenvalue weighted by molar-refractivity contribution is 5.88. The number of methoxy groups -OCH3 is 3. The molecule has 5 aromatic rings. The van der Waals surface area contributed by atoms with Crippen LogP contribution < -0.4 is 10.6 Å². The normalized spacial score (nSPS) is 18.2. The Kier molecular flexibility index (Phi) is 12.0. The van der Waals surface area contributed by atoms with Crippen LogP contribution in [-0.4, -0.2) is 111 Å². The molecule has 5 unspecified atom stereocenters. The number of benzene rings is 2. The molecular weight excluding hydrogens is 743 g/mol. The lowest BCUT2D eigenvalue weighted by Gasteiger charge is -2.30. The lowest BCUT2D eigenvalue weighted by Crippen LogP contribution is -2.54. The van der Waals surface area contributed by atoms with Crippen LogP contribution in [0, 0.1) is 0 Å². The summed E-state index contributed by atoms with van der Waals surface area (Å²) in [7, 11) is 4.03. The highest BCUT2D eigenvalue weighted by Gasteiger charge is 2.39.